The summed E-state index contributed by atoms with van der Waals surface area (Å²) in [5, 5.41) is 0.563. The van der Waals surface area contributed by atoms with Crippen molar-refractivity contribution in [3.63, 3.8) is 0 Å². The van der Waals surface area contributed by atoms with Crippen LogP contribution in [0.4, 0.5) is 0 Å². The molecule has 0 atom stereocenters. The Balaban J connectivity index is 2.22. The molecular weight excluding hydrogens is 248 g/mol. The number of benzene rings is 1. The number of ether oxygens (including phenoxy) is 2. The maximum atomic E-state index is 5.67. The van der Waals surface area contributed by atoms with Gasteiger partial charge in [-0.3, -0.25) is 4.99 Å². The molecule has 18 heavy (non-hydrogen) atoms. The van der Waals surface area contributed by atoms with Gasteiger partial charge in [0.15, 0.2) is 5.17 Å². The molecule has 0 bridgehead atoms. The van der Waals surface area contributed by atoms with Gasteiger partial charge in [0.25, 0.3) is 0 Å². The van der Waals surface area contributed by atoms with Crippen molar-refractivity contribution >= 4 is 16.9 Å². The molecule has 0 heterocycles. The van der Waals surface area contributed by atoms with Gasteiger partial charge in [0.05, 0.1) is 20.3 Å². The third kappa shape index (κ3) is 5.63. The Morgan fingerprint density at radius 2 is 2.06 bits per heavy atom. The molecular formula is C13H18N2O2S. The van der Waals surface area contributed by atoms with Crippen LogP contribution < -0.4 is 15.2 Å². The van der Waals surface area contributed by atoms with Gasteiger partial charge in [-0.25, -0.2) is 0 Å². The van der Waals surface area contributed by atoms with E-state index in [1.807, 2.05) is 24.3 Å². The first-order chi connectivity index (χ1) is 8.76. The summed E-state index contributed by atoms with van der Waals surface area (Å²) >= 11 is 1.47. The van der Waals surface area contributed by atoms with Gasteiger partial charge in [0, 0.05) is 5.75 Å². The van der Waals surface area contributed by atoms with E-state index in [0.29, 0.717) is 18.3 Å². The molecule has 5 heteroatoms. The van der Waals surface area contributed by atoms with Gasteiger partial charge in [-0.2, -0.15) is 0 Å². The molecule has 0 aliphatic heterocycles. The highest BCUT2D eigenvalue weighted by atomic mass is 32.2. The number of hydrogen-bond donors (Lipinski definition) is 1. The number of amidine groups is 1. The quantitative estimate of drug-likeness (QED) is 0.356. The van der Waals surface area contributed by atoms with Gasteiger partial charge < -0.3 is 15.2 Å². The Kier molecular flexibility index (Phi) is 6.79. The average Bonchev–Trinajstić information content (AvgIpc) is 2.42. The van der Waals surface area contributed by atoms with Crippen LogP contribution in [-0.2, 0) is 0 Å². The van der Waals surface area contributed by atoms with Crippen LogP contribution in [0.1, 0.15) is 0 Å². The van der Waals surface area contributed by atoms with Crippen molar-refractivity contribution in [1.82, 2.24) is 0 Å². The highest BCUT2D eigenvalue weighted by Gasteiger charge is 1.97. The fourth-order valence-electron chi connectivity index (χ4n) is 1.18. The fourth-order valence-corrected chi connectivity index (χ4v) is 1.72. The molecule has 2 N–H and O–H groups in total. The van der Waals surface area contributed by atoms with Crippen LogP contribution >= 0.6 is 11.8 Å². The smallest absolute Gasteiger partial charge is 0.154 e. The van der Waals surface area contributed by atoms with Crippen molar-refractivity contribution in [3.05, 3.63) is 36.9 Å². The van der Waals surface area contributed by atoms with E-state index < -0.39 is 0 Å². The molecule has 0 spiro atoms. The lowest BCUT2D eigenvalue weighted by Crippen LogP contribution is -2.10. The van der Waals surface area contributed by atoms with E-state index in [0.717, 1.165) is 17.3 Å². The first kappa shape index (κ1) is 14.4. The second-order valence-electron chi connectivity index (χ2n) is 3.34. The first-order valence-electron chi connectivity index (χ1n) is 5.56. The van der Waals surface area contributed by atoms with Crippen molar-refractivity contribution in [1.29, 1.82) is 0 Å². The van der Waals surface area contributed by atoms with Crippen LogP contribution in [0.5, 0.6) is 11.5 Å². The van der Waals surface area contributed by atoms with E-state index in [2.05, 4.69) is 11.6 Å². The van der Waals surface area contributed by atoms with Crippen LogP contribution in [0.2, 0.25) is 0 Å². The largest absolute Gasteiger partial charge is 0.497 e. The van der Waals surface area contributed by atoms with Crippen molar-refractivity contribution < 1.29 is 9.47 Å². The number of thioether (sulfide) groups is 1. The summed E-state index contributed by atoms with van der Waals surface area (Å²) in [6.07, 6.45) is 1.71. The zero-order valence-corrected chi connectivity index (χ0v) is 11.3. The zero-order valence-electron chi connectivity index (χ0n) is 10.5. The first-order valence-corrected chi connectivity index (χ1v) is 6.55. The molecule has 98 valence electrons. The van der Waals surface area contributed by atoms with Gasteiger partial charge in [-0.15, -0.1) is 6.58 Å². The Morgan fingerprint density at radius 1 is 1.39 bits per heavy atom. The van der Waals surface area contributed by atoms with Crippen molar-refractivity contribution in [2.24, 2.45) is 10.7 Å². The van der Waals surface area contributed by atoms with Gasteiger partial charge >= 0.3 is 0 Å². The summed E-state index contributed by atoms with van der Waals surface area (Å²) in [4.78, 5) is 4.08. The summed E-state index contributed by atoms with van der Waals surface area (Å²) in [6, 6.07) is 7.47. The molecule has 0 aliphatic carbocycles. The molecule has 0 unspecified atom stereocenters. The van der Waals surface area contributed by atoms with E-state index in [-0.39, 0.29) is 0 Å². The molecule has 4 nitrogen and oxygen atoms in total. The summed E-state index contributed by atoms with van der Waals surface area (Å²) in [6.45, 7) is 4.71. The van der Waals surface area contributed by atoms with E-state index >= 15 is 0 Å². The van der Waals surface area contributed by atoms with Gasteiger partial charge in [-0.1, -0.05) is 17.8 Å². The minimum absolute atomic E-state index is 0.554. The number of hydrogen-bond acceptors (Lipinski definition) is 4. The standard InChI is InChI=1S/C13H18N2O2S/c1-3-8-15-13(14)18-10-9-17-12-6-4-11(16-2)5-7-12/h3-7H,1,8-10H2,2H3,(H2,14,15). The average molecular weight is 266 g/mol. The van der Waals surface area contributed by atoms with Crippen LogP contribution in [-0.4, -0.2) is 31.2 Å². The van der Waals surface area contributed by atoms with Gasteiger partial charge in [-0.05, 0) is 24.3 Å². The predicted octanol–water partition coefficient (Wildman–Crippen LogP) is 2.31. The van der Waals surface area contributed by atoms with Gasteiger partial charge in [0.2, 0.25) is 0 Å². The molecule has 0 aromatic heterocycles. The number of methoxy groups -OCH3 is 1. The van der Waals surface area contributed by atoms with E-state index in [1.165, 1.54) is 11.8 Å². The Bertz CT molecular complexity index is 390. The Labute approximate surface area is 112 Å². The van der Waals surface area contributed by atoms with Crippen LogP contribution in [0, 0.1) is 0 Å². The van der Waals surface area contributed by atoms with Crippen molar-refractivity contribution in [3.8, 4) is 11.5 Å². The minimum atomic E-state index is 0.554. The molecule has 1 rings (SSSR count). The summed E-state index contributed by atoms with van der Waals surface area (Å²) in [5.74, 6) is 2.40. The van der Waals surface area contributed by atoms with E-state index in [4.69, 9.17) is 15.2 Å². The molecule has 0 fully saturated rings. The van der Waals surface area contributed by atoms with Crippen LogP contribution in [0.25, 0.3) is 0 Å². The van der Waals surface area contributed by atoms with Crippen molar-refractivity contribution in [2.45, 2.75) is 0 Å². The number of rotatable bonds is 7. The summed E-state index contributed by atoms with van der Waals surface area (Å²) < 4.78 is 10.6. The maximum Gasteiger partial charge on any atom is 0.154 e. The van der Waals surface area contributed by atoms with Crippen LogP contribution in [0.15, 0.2) is 41.9 Å². The second-order valence-corrected chi connectivity index (χ2v) is 4.46. The van der Waals surface area contributed by atoms with Crippen LogP contribution in [0.3, 0.4) is 0 Å². The fraction of sp³-hybridized carbons (Fsp3) is 0.308. The van der Waals surface area contributed by atoms with E-state index in [9.17, 15) is 0 Å². The Morgan fingerprint density at radius 3 is 2.67 bits per heavy atom. The molecule has 0 radical (unpaired) electrons. The molecule has 0 saturated heterocycles. The molecule has 1 aromatic rings. The minimum Gasteiger partial charge on any atom is -0.497 e. The van der Waals surface area contributed by atoms with Gasteiger partial charge in [0.1, 0.15) is 11.5 Å². The number of nitrogens with two attached hydrogens (primary N) is 1. The molecule has 0 amide bonds. The third-order valence-electron chi connectivity index (χ3n) is 2.04. The lowest BCUT2D eigenvalue weighted by molar-refractivity contribution is 0.343. The molecule has 0 saturated carbocycles. The van der Waals surface area contributed by atoms with E-state index in [1.54, 1.807) is 13.2 Å². The highest BCUT2D eigenvalue weighted by Crippen LogP contribution is 2.17. The maximum absolute atomic E-state index is 5.67. The Hall–Kier alpha value is -1.62. The molecule has 1 aromatic carbocycles. The number of nitrogens with zero attached hydrogens (tertiary/aromatic N) is 1. The molecule has 0 aliphatic rings. The SMILES string of the molecule is C=CCN=C(N)SCCOc1ccc(OC)cc1. The van der Waals surface area contributed by atoms with Crippen molar-refractivity contribution in [2.75, 3.05) is 26.0 Å². The zero-order chi connectivity index (χ0) is 13.2. The topological polar surface area (TPSA) is 56.8 Å². The lowest BCUT2D eigenvalue weighted by Gasteiger charge is -2.06. The normalized spacial score (nSPS) is 11.1. The third-order valence-corrected chi connectivity index (χ3v) is 2.83. The monoisotopic (exact) mass is 266 g/mol. The highest BCUT2D eigenvalue weighted by molar-refractivity contribution is 8.13. The predicted molar refractivity (Wildman–Crippen MR) is 77.6 cm³/mol. The lowest BCUT2D eigenvalue weighted by atomic mass is 10.3. The summed E-state index contributed by atoms with van der Waals surface area (Å²) in [5.41, 5.74) is 5.67. The summed E-state index contributed by atoms with van der Waals surface area (Å²) in [7, 11) is 1.64. The second kappa shape index (κ2) is 8.47. The number of aliphatic imine (C=N–C) groups is 1.